The Morgan fingerprint density at radius 1 is 1.08 bits per heavy atom. The second-order valence-corrected chi connectivity index (χ2v) is 9.96. The Hall–Kier alpha value is -3.56. The van der Waals surface area contributed by atoms with Crippen molar-refractivity contribution in [2.24, 2.45) is 13.0 Å². The van der Waals surface area contributed by atoms with Crippen molar-refractivity contribution in [3.63, 3.8) is 0 Å². The van der Waals surface area contributed by atoms with Gasteiger partial charge in [-0.25, -0.2) is 4.79 Å². The van der Waals surface area contributed by atoms with E-state index in [1.54, 1.807) is 25.2 Å². The highest BCUT2D eigenvalue weighted by atomic mass is 35.5. The number of ether oxygens (including phenoxy) is 2. The average molecular weight is 544 g/mol. The molecule has 0 amide bonds. The number of carboxylic acid groups (broad SMARTS) is 1. The smallest absolute Gasteiger partial charge is 0.330 e. The molecule has 0 radical (unpaired) electrons. The first-order chi connectivity index (χ1) is 18.1. The number of methoxy groups -OCH3 is 1. The van der Waals surface area contributed by atoms with Crippen LogP contribution in [0.3, 0.4) is 0 Å². The van der Waals surface area contributed by atoms with Crippen molar-refractivity contribution in [3.8, 4) is 11.5 Å². The molecule has 3 rings (SSSR count). The second kappa shape index (κ2) is 13.3. The molecule has 38 heavy (non-hydrogen) atoms. The number of hydrogen-bond acceptors (Lipinski definition) is 6. The number of aryl methyl sites for hydroxylation is 1. The molecule has 0 unspecified atom stereocenters. The molecule has 0 aliphatic heterocycles. The van der Waals surface area contributed by atoms with Crippen LogP contribution in [0.25, 0.3) is 0 Å². The van der Waals surface area contributed by atoms with Gasteiger partial charge in [0.2, 0.25) is 0 Å². The lowest BCUT2D eigenvalue weighted by Gasteiger charge is -2.33. The predicted molar refractivity (Wildman–Crippen MR) is 146 cm³/mol. The fraction of sp³-hybridized carbons (Fsp3) is 0.393. The van der Waals surface area contributed by atoms with Gasteiger partial charge in [-0.3, -0.25) is 19.1 Å². The molecular weight excluding hydrogens is 510 g/mol. The van der Waals surface area contributed by atoms with Crippen molar-refractivity contribution in [2.75, 3.05) is 20.3 Å². The first-order valence-corrected chi connectivity index (χ1v) is 12.7. The van der Waals surface area contributed by atoms with Crippen molar-refractivity contribution < 1.29 is 19.4 Å². The minimum absolute atomic E-state index is 0.0506. The maximum absolute atomic E-state index is 12.2. The zero-order valence-electron chi connectivity index (χ0n) is 22.1. The summed E-state index contributed by atoms with van der Waals surface area (Å²) in [6.07, 6.45) is 1.38. The summed E-state index contributed by atoms with van der Waals surface area (Å²) in [6.45, 7) is 5.56. The molecule has 0 fully saturated rings. The summed E-state index contributed by atoms with van der Waals surface area (Å²) in [6, 6.07) is 13.8. The molecule has 0 bridgehead atoms. The van der Waals surface area contributed by atoms with E-state index in [-0.39, 0.29) is 31.2 Å². The molecule has 0 aliphatic rings. The van der Waals surface area contributed by atoms with Gasteiger partial charge in [0, 0.05) is 43.5 Å². The van der Waals surface area contributed by atoms with Crippen LogP contribution in [-0.2, 0) is 24.9 Å². The average Bonchev–Trinajstić information content (AvgIpc) is 2.87. The summed E-state index contributed by atoms with van der Waals surface area (Å²) in [5.74, 6) is 0.401. The molecular formula is C28H34ClN3O6. The van der Waals surface area contributed by atoms with Gasteiger partial charge in [-0.15, -0.1) is 0 Å². The van der Waals surface area contributed by atoms with Crippen molar-refractivity contribution in [2.45, 2.75) is 39.4 Å². The van der Waals surface area contributed by atoms with Gasteiger partial charge in [-0.05, 0) is 41.3 Å². The minimum Gasteiger partial charge on any atom is -0.493 e. The third-order valence-corrected chi connectivity index (χ3v) is 6.34. The third kappa shape index (κ3) is 7.72. The van der Waals surface area contributed by atoms with Gasteiger partial charge in [-0.2, -0.15) is 0 Å². The molecule has 0 spiro atoms. The fourth-order valence-electron chi connectivity index (χ4n) is 4.31. The normalized spacial score (nSPS) is 12.1. The van der Waals surface area contributed by atoms with E-state index in [2.05, 4.69) is 18.7 Å². The van der Waals surface area contributed by atoms with E-state index < -0.39 is 11.7 Å². The minimum atomic E-state index is -0.882. The number of aromatic nitrogens is 2. The van der Waals surface area contributed by atoms with Crippen LogP contribution in [0.2, 0.25) is 5.02 Å². The summed E-state index contributed by atoms with van der Waals surface area (Å²) in [4.78, 5) is 38.2. The number of carboxylic acids is 1. The van der Waals surface area contributed by atoms with Crippen LogP contribution < -0.4 is 20.7 Å². The van der Waals surface area contributed by atoms with Crippen LogP contribution in [0, 0.1) is 5.92 Å². The number of nitrogens with zero attached hydrogens (tertiary/aromatic N) is 3. The monoisotopic (exact) mass is 543 g/mol. The lowest BCUT2D eigenvalue weighted by atomic mass is 9.99. The number of benzene rings is 2. The molecule has 9 nitrogen and oxygen atoms in total. The van der Waals surface area contributed by atoms with Gasteiger partial charge >= 0.3 is 11.7 Å². The number of carbonyl (C=O) groups is 1. The van der Waals surface area contributed by atoms with Crippen molar-refractivity contribution in [1.82, 2.24) is 14.0 Å². The Morgan fingerprint density at radius 3 is 2.42 bits per heavy atom. The van der Waals surface area contributed by atoms with Gasteiger partial charge in [0.15, 0.2) is 11.5 Å². The van der Waals surface area contributed by atoms with Crippen molar-refractivity contribution >= 4 is 17.6 Å². The van der Waals surface area contributed by atoms with Gasteiger partial charge in [-0.1, -0.05) is 43.6 Å². The number of rotatable bonds is 13. The molecule has 3 aromatic rings. The van der Waals surface area contributed by atoms with Crippen LogP contribution >= 0.6 is 11.6 Å². The SMILES string of the molecule is COc1cc(CN(CC(C)C)[C@H](CC(=O)O)c2ccc(Cl)cc2)ccc1OCCn1c(=O)ccn(C)c1=O. The van der Waals surface area contributed by atoms with E-state index >= 15 is 0 Å². The van der Waals surface area contributed by atoms with Crippen molar-refractivity contribution in [3.05, 3.63) is 91.7 Å². The van der Waals surface area contributed by atoms with E-state index in [1.165, 1.54) is 23.9 Å². The molecule has 1 heterocycles. The highest BCUT2D eigenvalue weighted by Gasteiger charge is 2.25. The molecule has 1 N–H and O–H groups in total. The summed E-state index contributed by atoms with van der Waals surface area (Å²) in [5.41, 5.74) is 1.00. The third-order valence-electron chi connectivity index (χ3n) is 6.09. The zero-order valence-corrected chi connectivity index (χ0v) is 22.9. The zero-order chi connectivity index (χ0) is 27.8. The first-order valence-electron chi connectivity index (χ1n) is 12.4. The fourth-order valence-corrected chi connectivity index (χ4v) is 4.44. The second-order valence-electron chi connectivity index (χ2n) is 9.52. The topological polar surface area (TPSA) is 103 Å². The predicted octanol–water partition coefficient (Wildman–Crippen LogP) is 3.96. The highest BCUT2D eigenvalue weighted by Crippen LogP contribution is 2.32. The van der Waals surface area contributed by atoms with Crippen LogP contribution in [0.15, 0.2) is 64.3 Å². The summed E-state index contributed by atoms with van der Waals surface area (Å²) >= 11 is 6.07. The van der Waals surface area contributed by atoms with E-state index in [9.17, 15) is 19.5 Å². The Bertz CT molecular complexity index is 1350. The largest absolute Gasteiger partial charge is 0.493 e. The van der Waals surface area contributed by atoms with Crippen LogP contribution in [0.5, 0.6) is 11.5 Å². The van der Waals surface area contributed by atoms with E-state index in [4.69, 9.17) is 21.1 Å². The Kier molecular flexibility index (Phi) is 10.2. The standard InChI is InChI=1S/C28H34ClN3O6/c1-19(2)17-31(23(16-27(34)35)21-6-8-22(29)9-7-21)18-20-5-10-24(25(15-20)37-4)38-14-13-32-26(33)11-12-30(3)28(32)36/h5-12,15,19,23H,13-14,16-18H2,1-4H3,(H,34,35)/t23-/m1/s1. The molecule has 204 valence electrons. The van der Waals surface area contributed by atoms with E-state index in [1.807, 2.05) is 24.3 Å². The Balaban J connectivity index is 1.80. The van der Waals surface area contributed by atoms with E-state index in [0.717, 1.165) is 15.7 Å². The Labute approximate surface area is 226 Å². The molecule has 1 atom stereocenters. The quantitative estimate of drug-likeness (QED) is 0.348. The lowest BCUT2D eigenvalue weighted by molar-refractivity contribution is -0.138. The number of aliphatic carboxylic acids is 1. The van der Waals surface area contributed by atoms with Crippen LogP contribution in [0.4, 0.5) is 0 Å². The van der Waals surface area contributed by atoms with Crippen molar-refractivity contribution in [1.29, 1.82) is 0 Å². The first kappa shape index (κ1) is 29.0. The Morgan fingerprint density at radius 2 is 1.79 bits per heavy atom. The van der Waals surface area contributed by atoms with Gasteiger partial charge in [0.25, 0.3) is 5.56 Å². The van der Waals surface area contributed by atoms with Crippen LogP contribution in [0.1, 0.15) is 37.4 Å². The molecule has 0 aliphatic carbocycles. The summed E-state index contributed by atoms with van der Waals surface area (Å²) in [5, 5.41) is 10.2. The summed E-state index contributed by atoms with van der Waals surface area (Å²) < 4.78 is 13.9. The molecule has 2 aromatic carbocycles. The molecule has 1 aromatic heterocycles. The van der Waals surface area contributed by atoms with E-state index in [0.29, 0.717) is 35.5 Å². The molecule has 0 saturated carbocycles. The maximum Gasteiger partial charge on any atom is 0.330 e. The lowest BCUT2D eigenvalue weighted by Crippen LogP contribution is -2.39. The summed E-state index contributed by atoms with van der Waals surface area (Å²) in [7, 11) is 3.12. The molecule has 10 heteroatoms. The number of hydrogen-bond donors (Lipinski definition) is 1. The number of halogens is 1. The van der Waals surface area contributed by atoms with Crippen LogP contribution in [-0.4, -0.2) is 45.4 Å². The van der Waals surface area contributed by atoms with Gasteiger partial charge in [0.1, 0.15) is 6.61 Å². The highest BCUT2D eigenvalue weighted by molar-refractivity contribution is 6.30. The maximum atomic E-state index is 12.2. The van der Waals surface area contributed by atoms with Gasteiger partial charge < -0.3 is 19.1 Å². The molecule has 0 saturated heterocycles. The van der Waals surface area contributed by atoms with Gasteiger partial charge in [0.05, 0.1) is 20.1 Å².